The van der Waals surface area contributed by atoms with E-state index in [0.717, 1.165) is 18.5 Å². The van der Waals surface area contributed by atoms with Crippen LogP contribution in [0.3, 0.4) is 0 Å². The molecule has 1 saturated heterocycles. The first-order valence-electron chi connectivity index (χ1n) is 7.64. The molecule has 0 saturated carbocycles. The number of hydrogen-bond donors (Lipinski definition) is 2. The van der Waals surface area contributed by atoms with Gasteiger partial charge in [0.1, 0.15) is 17.7 Å². The molecule has 122 valence electrons. The van der Waals surface area contributed by atoms with Crippen molar-refractivity contribution in [2.75, 3.05) is 13.1 Å². The third-order valence-electron chi connectivity index (χ3n) is 3.82. The Balaban J connectivity index is 1.43. The van der Waals surface area contributed by atoms with Gasteiger partial charge in [0, 0.05) is 38.2 Å². The zero-order chi connectivity index (χ0) is 16.1. The molecule has 2 amide bonds. The fourth-order valence-corrected chi connectivity index (χ4v) is 2.58. The monoisotopic (exact) mass is 318 g/mol. The number of nitrogens with zero attached hydrogens (tertiary/aromatic N) is 2. The number of halogens is 1. The standard InChI is InChI=1S/C16H19FN4O2/c17-12-2-1-3-15(10-12)23-14-5-8-21(9-6-14)16(22)18-11-13-4-7-19-20-13/h1-4,7,10,14H,5-6,8-9,11H2,(H,18,22)(H,19,20). The van der Waals surface area contributed by atoms with E-state index in [1.54, 1.807) is 23.2 Å². The SMILES string of the molecule is O=C(NCc1ccn[nH]1)N1CCC(Oc2cccc(F)c2)CC1. The van der Waals surface area contributed by atoms with Gasteiger partial charge in [-0.05, 0) is 18.2 Å². The summed E-state index contributed by atoms with van der Waals surface area (Å²) in [7, 11) is 0. The van der Waals surface area contributed by atoms with Gasteiger partial charge in [-0.2, -0.15) is 5.10 Å². The molecule has 0 spiro atoms. The molecule has 0 aliphatic carbocycles. The van der Waals surface area contributed by atoms with E-state index in [1.165, 1.54) is 12.1 Å². The molecule has 2 aromatic rings. The average molecular weight is 318 g/mol. The Morgan fingerprint density at radius 2 is 2.22 bits per heavy atom. The molecular formula is C16H19FN4O2. The number of likely N-dealkylation sites (tertiary alicyclic amines) is 1. The molecule has 1 aliphatic rings. The van der Waals surface area contributed by atoms with E-state index in [0.29, 0.717) is 25.4 Å². The summed E-state index contributed by atoms with van der Waals surface area (Å²) in [6, 6.07) is 7.86. The molecule has 2 N–H and O–H groups in total. The number of ether oxygens (including phenoxy) is 1. The average Bonchev–Trinajstić information content (AvgIpc) is 3.07. The molecule has 1 aromatic carbocycles. The van der Waals surface area contributed by atoms with Crippen molar-refractivity contribution in [1.82, 2.24) is 20.4 Å². The molecule has 1 fully saturated rings. The predicted molar refractivity (Wildman–Crippen MR) is 82.4 cm³/mol. The van der Waals surface area contributed by atoms with Crippen molar-refractivity contribution in [3.05, 3.63) is 48.0 Å². The normalized spacial score (nSPS) is 15.4. The van der Waals surface area contributed by atoms with Gasteiger partial charge in [-0.25, -0.2) is 9.18 Å². The minimum Gasteiger partial charge on any atom is -0.490 e. The Kier molecular flexibility index (Phi) is 4.75. The quantitative estimate of drug-likeness (QED) is 0.909. The molecule has 3 rings (SSSR count). The summed E-state index contributed by atoms with van der Waals surface area (Å²) < 4.78 is 18.9. The van der Waals surface area contributed by atoms with Crippen LogP contribution in [0.4, 0.5) is 9.18 Å². The molecule has 23 heavy (non-hydrogen) atoms. The van der Waals surface area contributed by atoms with Crippen LogP contribution in [-0.2, 0) is 6.54 Å². The Hall–Kier alpha value is -2.57. The summed E-state index contributed by atoms with van der Waals surface area (Å²) >= 11 is 0. The van der Waals surface area contributed by atoms with Crippen molar-refractivity contribution in [3.8, 4) is 5.75 Å². The van der Waals surface area contributed by atoms with Crippen molar-refractivity contribution in [1.29, 1.82) is 0 Å². The van der Waals surface area contributed by atoms with Crippen molar-refractivity contribution in [2.24, 2.45) is 0 Å². The van der Waals surface area contributed by atoms with Crippen molar-refractivity contribution in [2.45, 2.75) is 25.5 Å². The van der Waals surface area contributed by atoms with Crippen molar-refractivity contribution < 1.29 is 13.9 Å². The Morgan fingerprint density at radius 3 is 2.91 bits per heavy atom. The second kappa shape index (κ2) is 7.13. The molecule has 1 aromatic heterocycles. The second-order valence-corrected chi connectivity index (χ2v) is 5.50. The van der Waals surface area contributed by atoms with E-state index in [9.17, 15) is 9.18 Å². The van der Waals surface area contributed by atoms with E-state index in [2.05, 4.69) is 15.5 Å². The third kappa shape index (κ3) is 4.21. The summed E-state index contributed by atoms with van der Waals surface area (Å²) in [5, 5.41) is 9.49. The fraction of sp³-hybridized carbons (Fsp3) is 0.375. The molecular weight excluding hydrogens is 299 g/mol. The number of urea groups is 1. The predicted octanol–water partition coefficient (Wildman–Crippen LogP) is 2.30. The van der Waals surface area contributed by atoms with Crippen LogP contribution in [0.1, 0.15) is 18.5 Å². The minimum absolute atomic E-state index is 0.00783. The largest absolute Gasteiger partial charge is 0.490 e. The Labute approximate surface area is 133 Å². The van der Waals surface area contributed by atoms with E-state index in [-0.39, 0.29) is 18.0 Å². The number of H-pyrrole nitrogens is 1. The number of benzene rings is 1. The zero-order valence-electron chi connectivity index (χ0n) is 12.7. The van der Waals surface area contributed by atoms with Gasteiger partial charge in [-0.15, -0.1) is 0 Å². The molecule has 0 unspecified atom stereocenters. The minimum atomic E-state index is -0.307. The van der Waals surface area contributed by atoms with Crippen LogP contribution < -0.4 is 10.1 Å². The van der Waals surface area contributed by atoms with Crippen LogP contribution in [0.15, 0.2) is 36.5 Å². The van der Waals surface area contributed by atoms with Crippen molar-refractivity contribution >= 4 is 6.03 Å². The summed E-state index contributed by atoms with van der Waals surface area (Å²) in [6.07, 6.45) is 3.12. The smallest absolute Gasteiger partial charge is 0.317 e. The van der Waals surface area contributed by atoms with Gasteiger partial charge >= 0.3 is 6.03 Å². The number of piperidine rings is 1. The third-order valence-corrected chi connectivity index (χ3v) is 3.82. The zero-order valence-corrected chi connectivity index (χ0v) is 12.7. The van der Waals surface area contributed by atoms with Gasteiger partial charge in [0.25, 0.3) is 0 Å². The lowest BCUT2D eigenvalue weighted by Crippen LogP contribution is -2.46. The van der Waals surface area contributed by atoms with E-state index < -0.39 is 0 Å². The highest BCUT2D eigenvalue weighted by molar-refractivity contribution is 5.74. The number of carbonyl (C=O) groups is 1. The van der Waals surface area contributed by atoms with Crippen LogP contribution >= 0.6 is 0 Å². The molecule has 7 heteroatoms. The van der Waals surface area contributed by atoms with Gasteiger partial charge in [-0.1, -0.05) is 6.07 Å². The summed E-state index contributed by atoms with van der Waals surface area (Å²) in [5.74, 6) is 0.227. The maximum atomic E-state index is 13.1. The lowest BCUT2D eigenvalue weighted by Gasteiger charge is -2.32. The lowest BCUT2D eigenvalue weighted by molar-refractivity contribution is 0.110. The molecule has 2 heterocycles. The first-order valence-corrected chi connectivity index (χ1v) is 7.64. The number of aromatic nitrogens is 2. The number of hydrogen-bond acceptors (Lipinski definition) is 3. The van der Waals surface area contributed by atoms with Crippen LogP contribution in [-0.4, -0.2) is 40.3 Å². The Bertz CT molecular complexity index is 639. The lowest BCUT2D eigenvalue weighted by atomic mass is 10.1. The molecule has 0 radical (unpaired) electrons. The number of aromatic amines is 1. The highest BCUT2D eigenvalue weighted by atomic mass is 19.1. The van der Waals surface area contributed by atoms with Crippen LogP contribution in [0.25, 0.3) is 0 Å². The maximum Gasteiger partial charge on any atom is 0.317 e. The number of nitrogens with one attached hydrogen (secondary N) is 2. The molecule has 1 aliphatic heterocycles. The van der Waals surface area contributed by atoms with Gasteiger partial charge in [0.2, 0.25) is 0 Å². The van der Waals surface area contributed by atoms with Crippen LogP contribution in [0, 0.1) is 5.82 Å². The second-order valence-electron chi connectivity index (χ2n) is 5.50. The summed E-state index contributed by atoms with van der Waals surface area (Å²) in [5.41, 5.74) is 0.864. The van der Waals surface area contributed by atoms with E-state index in [1.807, 2.05) is 6.07 Å². The first kappa shape index (κ1) is 15.3. The Morgan fingerprint density at radius 1 is 1.39 bits per heavy atom. The van der Waals surface area contributed by atoms with Gasteiger partial charge in [0.05, 0.1) is 12.2 Å². The first-order chi connectivity index (χ1) is 11.2. The molecule has 0 bridgehead atoms. The van der Waals surface area contributed by atoms with Gasteiger partial charge in [0.15, 0.2) is 0 Å². The van der Waals surface area contributed by atoms with Crippen LogP contribution in [0.2, 0.25) is 0 Å². The summed E-state index contributed by atoms with van der Waals surface area (Å²) in [6.45, 7) is 1.67. The van der Waals surface area contributed by atoms with Crippen LogP contribution in [0.5, 0.6) is 5.75 Å². The molecule has 6 nitrogen and oxygen atoms in total. The molecule has 0 atom stereocenters. The fourth-order valence-electron chi connectivity index (χ4n) is 2.58. The van der Waals surface area contributed by atoms with E-state index in [4.69, 9.17) is 4.74 Å². The summed E-state index contributed by atoms with van der Waals surface area (Å²) in [4.78, 5) is 13.9. The van der Waals surface area contributed by atoms with Gasteiger partial charge in [-0.3, -0.25) is 5.10 Å². The van der Waals surface area contributed by atoms with E-state index >= 15 is 0 Å². The highest BCUT2D eigenvalue weighted by Gasteiger charge is 2.23. The van der Waals surface area contributed by atoms with Gasteiger partial charge < -0.3 is 15.0 Å². The number of carbonyl (C=O) groups excluding carboxylic acids is 1. The number of amides is 2. The highest BCUT2D eigenvalue weighted by Crippen LogP contribution is 2.19. The maximum absolute atomic E-state index is 13.1. The number of rotatable bonds is 4. The topological polar surface area (TPSA) is 70.2 Å². The van der Waals surface area contributed by atoms with Crippen molar-refractivity contribution in [3.63, 3.8) is 0 Å².